The third kappa shape index (κ3) is 3.21. The molecule has 0 aliphatic rings. The zero-order valence-corrected chi connectivity index (χ0v) is 13.1. The highest BCUT2D eigenvalue weighted by atomic mass is 35.5. The third-order valence-corrected chi connectivity index (χ3v) is 3.76. The van der Waals surface area contributed by atoms with Crippen LogP contribution in [0.3, 0.4) is 0 Å². The quantitative estimate of drug-likeness (QED) is 0.524. The third-order valence-electron chi connectivity index (χ3n) is 3.45. The first-order chi connectivity index (χ1) is 11.6. The van der Waals surface area contributed by atoms with Crippen LogP contribution in [0.2, 0.25) is 5.02 Å². The van der Waals surface area contributed by atoms with E-state index in [0.717, 1.165) is 0 Å². The fourth-order valence-electron chi connectivity index (χ4n) is 2.24. The first-order valence-corrected chi connectivity index (χ1v) is 7.45. The number of benzene rings is 2. The van der Waals surface area contributed by atoms with Crippen molar-refractivity contribution in [3.8, 4) is 5.75 Å². The van der Waals surface area contributed by atoms with Crippen molar-refractivity contribution in [3.05, 3.63) is 74.3 Å². The van der Waals surface area contributed by atoms with Crippen molar-refractivity contribution in [1.82, 2.24) is 9.55 Å². The largest absolute Gasteiger partial charge is 0.490 e. The van der Waals surface area contributed by atoms with E-state index in [-0.39, 0.29) is 29.9 Å². The van der Waals surface area contributed by atoms with Crippen LogP contribution in [0.5, 0.6) is 5.75 Å². The molecule has 0 fully saturated rings. The minimum Gasteiger partial charge on any atom is -0.490 e. The molecule has 0 N–H and O–H groups in total. The van der Waals surface area contributed by atoms with Crippen molar-refractivity contribution in [2.75, 3.05) is 6.61 Å². The highest BCUT2D eigenvalue weighted by molar-refractivity contribution is 6.32. The topological polar surface area (TPSA) is 87.3 Å². The lowest BCUT2D eigenvalue weighted by Crippen LogP contribution is -2.23. The van der Waals surface area contributed by atoms with E-state index >= 15 is 0 Å². The van der Waals surface area contributed by atoms with Gasteiger partial charge in [0.15, 0.2) is 0 Å². The summed E-state index contributed by atoms with van der Waals surface area (Å²) in [6, 6.07) is 11.0. The Morgan fingerprint density at radius 1 is 1.25 bits per heavy atom. The van der Waals surface area contributed by atoms with Crippen molar-refractivity contribution in [2.24, 2.45) is 0 Å². The lowest BCUT2D eigenvalue weighted by molar-refractivity contribution is -0.384. The SMILES string of the molecule is O=c1c2ccc([N+](=O)[O-])cc2ncn1CCOc1ccccc1Cl. The molecule has 8 heteroatoms. The van der Waals surface area contributed by atoms with Gasteiger partial charge in [0.2, 0.25) is 0 Å². The van der Waals surface area contributed by atoms with Gasteiger partial charge >= 0.3 is 0 Å². The summed E-state index contributed by atoms with van der Waals surface area (Å²) in [6.45, 7) is 0.522. The maximum absolute atomic E-state index is 12.4. The molecule has 24 heavy (non-hydrogen) atoms. The van der Waals surface area contributed by atoms with Gasteiger partial charge in [0.25, 0.3) is 11.2 Å². The second-order valence-electron chi connectivity index (χ2n) is 4.98. The Bertz CT molecular complexity index is 971. The molecule has 122 valence electrons. The molecule has 2 aromatic carbocycles. The number of fused-ring (bicyclic) bond motifs is 1. The number of non-ortho nitro benzene ring substituents is 1. The molecule has 0 unspecified atom stereocenters. The Hall–Kier alpha value is -2.93. The molecular formula is C16H12ClN3O4. The number of rotatable bonds is 5. The molecule has 1 aromatic heterocycles. The van der Waals surface area contributed by atoms with Crippen molar-refractivity contribution in [3.63, 3.8) is 0 Å². The van der Waals surface area contributed by atoms with Gasteiger partial charge in [0, 0.05) is 12.1 Å². The van der Waals surface area contributed by atoms with E-state index < -0.39 is 4.92 Å². The Labute approximate surface area is 141 Å². The molecular weight excluding hydrogens is 334 g/mol. The molecule has 0 radical (unpaired) electrons. The number of nitro benzene ring substituents is 1. The number of nitrogens with zero attached hydrogens (tertiary/aromatic N) is 3. The Kier molecular flexibility index (Phi) is 4.43. The van der Waals surface area contributed by atoms with Crippen molar-refractivity contribution in [1.29, 1.82) is 0 Å². The van der Waals surface area contributed by atoms with E-state index in [9.17, 15) is 14.9 Å². The molecule has 0 saturated carbocycles. The van der Waals surface area contributed by atoms with Gasteiger partial charge in [-0.15, -0.1) is 0 Å². The van der Waals surface area contributed by atoms with E-state index in [4.69, 9.17) is 16.3 Å². The Balaban J connectivity index is 1.79. The van der Waals surface area contributed by atoms with Crippen LogP contribution in [0.4, 0.5) is 5.69 Å². The summed E-state index contributed by atoms with van der Waals surface area (Å²) < 4.78 is 6.94. The number of hydrogen-bond acceptors (Lipinski definition) is 5. The molecule has 0 saturated heterocycles. The van der Waals surface area contributed by atoms with E-state index in [1.54, 1.807) is 24.3 Å². The minimum atomic E-state index is -0.524. The fraction of sp³-hybridized carbons (Fsp3) is 0.125. The number of nitro groups is 1. The van der Waals surface area contributed by atoms with E-state index in [0.29, 0.717) is 16.2 Å². The molecule has 3 rings (SSSR count). The smallest absolute Gasteiger partial charge is 0.271 e. The molecule has 0 amide bonds. The van der Waals surface area contributed by atoms with Crippen LogP contribution in [0.15, 0.2) is 53.6 Å². The molecule has 1 heterocycles. The summed E-state index contributed by atoms with van der Waals surface area (Å²) in [4.78, 5) is 26.7. The second kappa shape index (κ2) is 6.67. The zero-order valence-electron chi connectivity index (χ0n) is 12.4. The van der Waals surface area contributed by atoms with Crippen LogP contribution in [0.1, 0.15) is 0 Å². The monoisotopic (exact) mass is 345 g/mol. The van der Waals surface area contributed by atoms with Gasteiger partial charge in [-0.1, -0.05) is 23.7 Å². The van der Waals surface area contributed by atoms with Crippen LogP contribution < -0.4 is 10.3 Å². The van der Waals surface area contributed by atoms with E-state index in [2.05, 4.69) is 4.98 Å². The standard InChI is InChI=1S/C16H12ClN3O4/c17-13-3-1-2-4-15(13)24-8-7-19-10-18-14-9-11(20(22)23)5-6-12(14)16(19)21/h1-6,9-10H,7-8H2. The van der Waals surface area contributed by atoms with Gasteiger partial charge in [-0.2, -0.15) is 0 Å². The van der Waals surface area contributed by atoms with Crippen LogP contribution in [-0.2, 0) is 6.54 Å². The van der Waals surface area contributed by atoms with E-state index in [1.165, 1.54) is 29.1 Å². The van der Waals surface area contributed by atoms with Gasteiger partial charge < -0.3 is 4.74 Å². The number of aromatic nitrogens is 2. The first kappa shape index (κ1) is 15.9. The number of para-hydroxylation sites is 1. The van der Waals surface area contributed by atoms with Crippen LogP contribution in [-0.4, -0.2) is 21.1 Å². The Morgan fingerprint density at radius 2 is 2.04 bits per heavy atom. The zero-order chi connectivity index (χ0) is 17.1. The molecule has 0 spiro atoms. The number of hydrogen-bond donors (Lipinski definition) is 0. The molecule has 0 aliphatic carbocycles. The number of halogens is 1. The van der Waals surface area contributed by atoms with Crippen molar-refractivity contribution in [2.45, 2.75) is 6.54 Å². The second-order valence-corrected chi connectivity index (χ2v) is 5.39. The van der Waals surface area contributed by atoms with Gasteiger partial charge in [0.1, 0.15) is 12.4 Å². The first-order valence-electron chi connectivity index (χ1n) is 7.07. The van der Waals surface area contributed by atoms with Gasteiger partial charge in [-0.3, -0.25) is 19.5 Å². The summed E-state index contributed by atoms with van der Waals surface area (Å²) in [7, 11) is 0. The molecule has 7 nitrogen and oxygen atoms in total. The molecule has 0 aliphatic heterocycles. The van der Waals surface area contributed by atoms with Crippen molar-refractivity contribution >= 4 is 28.2 Å². The lowest BCUT2D eigenvalue weighted by Gasteiger charge is -2.09. The molecule has 0 atom stereocenters. The van der Waals surface area contributed by atoms with Crippen LogP contribution >= 0.6 is 11.6 Å². The average Bonchev–Trinajstić information content (AvgIpc) is 2.58. The summed E-state index contributed by atoms with van der Waals surface area (Å²) in [5, 5.41) is 11.6. The van der Waals surface area contributed by atoms with Crippen molar-refractivity contribution < 1.29 is 9.66 Å². The van der Waals surface area contributed by atoms with Crippen LogP contribution in [0, 0.1) is 10.1 Å². The molecule has 0 bridgehead atoms. The van der Waals surface area contributed by atoms with Crippen LogP contribution in [0.25, 0.3) is 10.9 Å². The lowest BCUT2D eigenvalue weighted by atomic mass is 10.2. The average molecular weight is 346 g/mol. The van der Waals surface area contributed by atoms with Gasteiger partial charge in [-0.05, 0) is 18.2 Å². The van der Waals surface area contributed by atoms with Gasteiger partial charge in [-0.25, -0.2) is 4.98 Å². The maximum atomic E-state index is 12.4. The normalized spacial score (nSPS) is 10.7. The minimum absolute atomic E-state index is 0.103. The summed E-state index contributed by atoms with van der Waals surface area (Å²) in [5.41, 5.74) is -0.0932. The highest BCUT2D eigenvalue weighted by Gasteiger charge is 2.10. The predicted molar refractivity (Wildman–Crippen MR) is 89.6 cm³/mol. The highest BCUT2D eigenvalue weighted by Crippen LogP contribution is 2.23. The predicted octanol–water partition coefficient (Wildman–Crippen LogP) is 3.04. The maximum Gasteiger partial charge on any atom is 0.271 e. The summed E-state index contributed by atoms with van der Waals surface area (Å²) in [6.07, 6.45) is 1.35. The fourth-order valence-corrected chi connectivity index (χ4v) is 2.43. The van der Waals surface area contributed by atoms with Gasteiger partial charge in [0.05, 0.1) is 33.7 Å². The number of ether oxygens (including phenoxy) is 1. The Morgan fingerprint density at radius 3 is 2.79 bits per heavy atom. The summed E-state index contributed by atoms with van der Waals surface area (Å²) >= 11 is 5.99. The van der Waals surface area contributed by atoms with E-state index in [1.807, 2.05) is 0 Å². The molecule has 3 aromatic rings. The summed E-state index contributed by atoms with van der Waals surface area (Å²) in [5.74, 6) is 0.539.